The van der Waals surface area contributed by atoms with Gasteiger partial charge in [0.05, 0.1) is 25.4 Å². The molecule has 2 unspecified atom stereocenters. The molecule has 0 aromatic carbocycles. The molecule has 2 N–H and O–H groups in total. The molecule has 6 heteroatoms. The van der Waals surface area contributed by atoms with E-state index in [1.54, 1.807) is 0 Å². The molecule has 1 aliphatic carbocycles. The van der Waals surface area contributed by atoms with Gasteiger partial charge < -0.3 is 15.2 Å². The average Bonchev–Trinajstić information content (AvgIpc) is 2.96. The zero-order valence-electron chi connectivity index (χ0n) is 8.36. The summed E-state index contributed by atoms with van der Waals surface area (Å²) in [4.78, 5) is 32.4. The first-order valence-corrected chi connectivity index (χ1v) is 4.63. The molecule has 1 saturated carbocycles. The molecule has 1 fully saturated rings. The van der Waals surface area contributed by atoms with Gasteiger partial charge in [-0.2, -0.15) is 0 Å². The highest BCUT2D eigenvalue weighted by Gasteiger charge is 2.48. The van der Waals surface area contributed by atoms with Crippen LogP contribution >= 0.6 is 0 Å². The molecule has 0 heterocycles. The van der Waals surface area contributed by atoms with E-state index in [1.807, 2.05) is 0 Å². The van der Waals surface area contributed by atoms with Crippen LogP contribution in [0.2, 0.25) is 0 Å². The smallest absolute Gasteiger partial charge is 0.307 e. The van der Waals surface area contributed by atoms with E-state index in [9.17, 15) is 14.4 Å². The number of hydrogen-bond acceptors (Lipinski definition) is 4. The fourth-order valence-electron chi connectivity index (χ4n) is 1.28. The summed E-state index contributed by atoms with van der Waals surface area (Å²) < 4.78 is 4.38. The van der Waals surface area contributed by atoms with Crippen molar-refractivity contribution >= 4 is 17.8 Å². The third-order valence-electron chi connectivity index (χ3n) is 2.30. The van der Waals surface area contributed by atoms with Crippen molar-refractivity contribution in [3.63, 3.8) is 0 Å². The topological polar surface area (TPSA) is 92.7 Å². The number of carbonyl (C=O) groups excluding carboxylic acids is 2. The predicted molar refractivity (Wildman–Crippen MR) is 48.9 cm³/mol. The number of ether oxygens (including phenoxy) is 1. The van der Waals surface area contributed by atoms with Crippen LogP contribution in [0.3, 0.4) is 0 Å². The van der Waals surface area contributed by atoms with Crippen LogP contribution in [0.1, 0.15) is 12.8 Å². The van der Waals surface area contributed by atoms with Crippen molar-refractivity contribution in [2.45, 2.75) is 12.8 Å². The Bertz CT molecular complexity index is 288. The molecular weight excluding hydrogens is 202 g/mol. The molecule has 84 valence electrons. The van der Waals surface area contributed by atoms with Crippen LogP contribution in [0.15, 0.2) is 0 Å². The maximum absolute atomic E-state index is 11.3. The Balaban J connectivity index is 2.16. The number of aliphatic carboxylic acids is 1. The third-order valence-corrected chi connectivity index (χ3v) is 2.30. The number of nitrogens with one attached hydrogen (secondary N) is 1. The monoisotopic (exact) mass is 215 g/mol. The van der Waals surface area contributed by atoms with Gasteiger partial charge in [-0.05, 0) is 6.42 Å². The van der Waals surface area contributed by atoms with Gasteiger partial charge in [-0.1, -0.05) is 0 Å². The number of carbonyl (C=O) groups is 3. The highest BCUT2D eigenvalue weighted by Crippen LogP contribution is 2.38. The first kappa shape index (κ1) is 11.5. The number of rotatable bonds is 5. The van der Waals surface area contributed by atoms with E-state index in [4.69, 9.17) is 5.11 Å². The minimum absolute atomic E-state index is 0.104. The van der Waals surface area contributed by atoms with Crippen molar-refractivity contribution in [1.29, 1.82) is 0 Å². The number of amides is 1. The van der Waals surface area contributed by atoms with Crippen molar-refractivity contribution in [2.24, 2.45) is 11.8 Å². The molecule has 1 amide bonds. The quantitative estimate of drug-likeness (QED) is 0.596. The maximum Gasteiger partial charge on any atom is 0.307 e. The molecule has 15 heavy (non-hydrogen) atoms. The fourth-order valence-corrected chi connectivity index (χ4v) is 1.28. The van der Waals surface area contributed by atoms with E-state index in [0.29, 0.717) is 6.42 Å². The summed E-state index contributed by atoms with van der Waals surface area (Å²) >= 11 is 0. The second-order valence-electron chi connectivity index (χ2n) is 3.40. The lowest BCUT2D eigenvalue weighted by atomic mass is 10.3. The van der Waals surface area contributed by atoms with E-state index in [-0.39, 0.29) is 18.9 Å². The standard InChI is InChI=1S/C9H13NO5/c1-15-7(11)2-3-10-8(12)5-4-6(5)9(13)14/h5-6H,2-4H2,1H3,(H,10,12)(H,13,14). The zero-order valence-corrected chi connectivity index (χ0v) is 8.36. The number of carboxylic acid groups (broad SMARTS) is 1. The van der Waals surface area contributed by atoms with Crippen molar-refractivity contribution in [3.8, 4) is 0 Å². The average molecular weight is 215 g/mol. The number of carboxylic acids is 1. The second kappa shape index (κ2) is 4.77. The third kappa shape index (κ3) is 3.23. The Morgan fingerprint density at radius 3 is 2.53 bits per heavy atom. The van der Waals surface area contributed by atoms with Crippen molar-refractivity contribution < 1.29 is 24.2 Å². The first-order valence-electron chi connectivity index (χ1n) is 4.63. The highest BCUT2D eigenvalue weighted by atomic mass is 16.5. The molecule has 0 saturated heterocycles. The normalized spacial score (nSPS) is 23.0. The lowest BCUT2D eigenvalue weighted by Gasteiger charge is -2.02. The zero-order chi connectivity index (χ0) is 11.4. The van der Waals surface area contributed by atoms with Gasteiger partial charge in [-0.25, -0.2) is 0 Å². The van der Waals surface area contributed by atoms with E-state index in [0.717, 1.165) is 0 Å². The molecular formula is C9H13NO5. The first-order chi connectivity index (χ1) is 7.06. The minimum atomic E-state index is -0.942. The van der Waals surface area contributed by atoms with Gasteiger partial charge in [0, 0.05) is 6.54 Å². The van der Waals surface area contributed by atoms with Crippen LogP contribution in [0.5, 0.6) is 0 Å². The molecule has 0 aliphatic heterocycles. The minimum Gasteiger partial charge on any atom is -0.481 e. The van der Waals surface area contributed by atoms with Crippen LogP contribution in [-0.4, -0.2) is 36.6 Å². The summed E-state index contributed by atoms with van der Waals surface area (Å²) in [5, 5.41) is 11.1. The largest absolute Gasteiger partial charge is 0.481 e. The lowest BCUT2D eigenvalue weighted by Crippen LogP contribution is -2.28. The Morgan fingerprint density at radius 1 is 1.40 bits per heavy atom. The molecule has 6 nitrogen and oxygen atoms in total. The van der Waals surface area contributed by atoms with Crippen molar-refractivity contribution in [2.75, 3.05) is 13.7 Å². The van der Waals surface area contributed by atoms with Gasteiger partial charge in [0.15, 0.2) is 0 Å². The molecule has 0 radical (unpaired) electrons. The van der Waals surface area contributed by atoms with Gasteiger partial charge in [0.25, 0.3) is 0 Å². The summed E-state index contributed by atoms with van der Waals surface area (Å²) in [6.45, 7) is 0.189. The summed E-state index contributed by atoms with van der Waals surface area (Å²) in [6, 6.07) is 0. The molecule has 1 rings (SSSR count). The summed E-state index contributed by atoms with van der Waals surface area (Å²) in [5.74, 6) is -2.63. The van der Waals surface area contributed by atoms with Gasteiger partial charge in [0.1, 0.15) is 0 Å². The second-order valence-corrected chi connectivity index (χ2v) is 3.40. The lowest BCUT2D eigenvalue weighted by molar-refractivity contribution is -0.141. The van der Waals surface area contributed by atoms with E-state index in [2.05, 4.69) is 10.1 Å². The molecule has 0 aromatic heterocycles. The molecule has 2 atom stereocenters. The predicted octanol–water partition coefficient (Wildman–Crippen LogP) is -0.614. The van der Waals surface area contributed by atoms with Crippen LogP contribution in [0.4, 0.5) is 0 Å². The van der Waals surface area contributed by atoms with Gasteiger partial charge >= 0.3 is 11.9 Å². The van der Waals surface area contributed by atoms with Crippen LogP contribution in [0.25, 0.3) is 0 Å². The molecule has 1 aliphatic rings. The van der Waals surface area contributed by atoms with Gasteiger partial charge in [-0.3, -0.25) is 14.4 Å². The SMILES string of the molecule is COC(=O)CCNC(=O)C1CC1C(=O)O. The van der Waals surface area contributed by atoms with Crippen molar-refractivity contribution in [3.05, 3.63) is 0 Å². The summed E-state index contributed by atoms with van der Waals surface area (Å²) in [5.41, 5.74) is 0. The molecule has 0 bridgehead atoms. The Hall–Kier alpha value is -1.59. The number of esters is 1. The number of methoxy groups -OCH3 is 1. The Labute approximate surface area is 86.6 Å². The Kier molecular flexibility index (Phi) is 3.65. The van der Waals surface area contributed by atoms with Crippen LogP contribution < -0.4 is 5.32 Å². The molecule has 0 aromatic rings. The summed E-state index contributed by atoms with van der Waals surface area (Å²) in [7, 11) is 1.27. The molecule has 0 spiro atoms. The van der Waals surface area contributed by atoms with E-state index < -0.39 is 23.8 Å². The van der Waals surface area contributed by atoms with Crippen LogP contribution in [-0.2, 0) is 19.1 Å². The van der Waals surface area contributed by atoms with Gasteiger partial charge in [0.2, 0.25) is 5.91 Å². The Morgan fingerprint density at radius 2 is 2.07 bits per heavy atom. The van der Waals surface area contributed by atoms with Gasteiger partial charge in [-0.15, -0.1) is 0 Å². The summed E-state index contributed by atoms with van der Waals surface area (Å²) in [6.07, 6.45) is 0.492. The van der Waals surface area contributed by atoms with Crippen molar-refractivity contribution in [1.82, 2.24) is 5.32 Å². The van der Waals surface area contributed by atoms with E-state index in [1.165, 1.54) is 7.11 Å². The maximum atomic E-state index is 11.3. The van der Waals surface area contributed by atoms with Crippen LogP contribution in [0, 0.1) is 11.8 Å². The highest BCUT2D eigenvalue weighted by molar-refractivity contribution is 5.89. The number of hydrogen-bond donors (Lipinski definition) is 2. The fraction of sp³-hybridized carbons (Fsp3) is 0.667. The van der Waals surface area contributed by atoms with E-state index >= 15 is 0 Å².